The lowest BCUT2D eigenvalue weighted by molar-refractivity contribution is 0.251. The molecule has 0 spiro atoms. The third-order valence-electron chi connectivity index (χ3n) is 2.73. The Morgan fingerprint density at radius 1 is 1.22 bits per heavy atom. The highest BCUT2D eigenvalue weighted by Gasteiger charge is 2.12. The number of aliphatic hydroxyl groups excluding tert-OH is 1. The molecule has 0 radical (unpaired) electrons. The molecule has 1 rings (SSSR count). The largest absolute Gasteiger partial charge is 0.493 e. The van der Waals surface area contributed by atoms with E-state index in [2.05, 4.69) is 6.92 Å². The molecule has 102 valence electrons. The zero-order chi connectivity index (χ0) is 13.4. The summed E-state index contributed by atoms with van der Waals surface area (Å²) in [6.45, 7) is 2.69. The van der Waals surface area contributed by atoms with Crippen molar-refractivity contribution in [2.75, 3.05) is 13.7 Å². The van der Waals surface area contributed by atoms with E-state index in [1.165, 1.54) is 12.8 Å². The van der Waals surface area contributed by atoms with Crippen LogP contribution in [0.4, 0.5) is 0 Å². The quantitative estimate of drug-likeness (QED) is 0.732. The lowest BCUT2D eigenvalue weighted by Gasteiger charge is -2.14. The first-order valence-corrected chi connectivity index (χ1v) is 6.70. The third-order valence-corrected chi connectivity index (χ3v) is 2.95. The van der Waals surface area contributed by atoms with E-state index in [9.17, 15) is 5.11 Å². The SMILES string of the molecule is CCCCCCOc1c(CO)cc(Cl)cc1OC. The van der Waals surface area contributed by atoms with Gasteiger partial charge in [0.25, 0.3) is 0 Å². The summed E-state index contributed by atoms with van der Waals surface area (Å²) in [7, 11) is 1.57. The van der Waals surface area contributed by atoms with E-state index >= 15 is 0 Å². The van der Waals surface area contributed by atoms with Crippen LogP contribution in [0.1, 0.15) is 38.2 Å². The van der Waals surface area contributed by atoms with Crippen molar-refractivity contribution in [2.24, 2.45) is 0 Å². The molecule has 0 amide bonds. The molecule has 0 saturated carbocycles. The van der Waals surface area contributed by atoms with Gasteiger partial charge in [-0.3, -0.25) is 0 Å². The summed E-state index contributed by atoms with van der Waals surface area (Å²) in [5, 5.41) is 9.85. The van der Waals surface area contributed by atoms with Crippen LogP contribution >= 0.6 is 11.6 Å². The minimum atomic E-state index is -0.110. The van der Waals surface area contributed by atoms with Crippen molar-refractivity contribution >= 4 is 11.6 Å². The van der Waals surface area contributed by atoms with Gasteiger partial charge in [0.2, 0.25) is 0 Å². The molecule has 0 unspecified atom stereocenters. The van der Waals surface area contributed by atoms with Gasteiger partial charge in [-0.05, 0) is 12.5 Å². The van der Waals surface area contributed by atoms with Gasteiger partial charge < -0.3 is 14.6 Å². The molecule has 0 heterocycles. The van der Waals surface area contributed by atoms with Crippen LogP contribution in [0.25, 0.3) is 0 Å². The molecule has 3 nitrogen and oxygen atoms in total. The number of hydrogen-bond donors (Lipinski definition) is 1. The van der Waals surface area contributed by atoms with Crippen LogP contribution in [0.3, 0.4) is 0 Å². The van der Waals surface area contributed by atoms with Gasteiger partial charge in [-0.1, -0.05) is 37.8 Å². The van der Waals surface area contributed by atoms with E-state index in [0.29, 0.717) is 28.7 Å². The monoisotopic (exact) mass is 272 g/mol. The van der Waals surface area contributed by atoms with Crippen molar-refractivity contribution in [3.63, 3.8) is 0 Å². The number of benzene rings is 1. The van der Waals surface area contributed by atoms with Crippen LogP contribution in [0.2, 0.25) is 5.02 Å². The number of hydrogen-bond acceptors (Lipinski definition) is 3. The molecule has 0 aliphatic carbocycles. The van der Waals surface area contributed by atoms with Crippen LogP contribution in [0.5, 0.6) is 11.5 Å². The van der Waals surface area contributed by atoms with E-state index in [-0.39, 0.29) is 6.61 Å². The number of methoxy groups -OCH3 is 1. The van der Waals surface area contributed by atoms with Crippen LogP contribution in [-0.4, -0.2) is 18.8 Å². The Hall–Kier alpha value is -0.930. The lowest BCUT2D eigenvalue weighted by Crippen LogP contribution is -2.03. The number of halogens is 1. The summed E-state index contributed by atoms with van der Waals surface area (Å²) in [6, 6.07) is 3.40. The van der Waals surface area contributed by atoms with Crippen molar-refractivity contribution in [3.8, 4) is 11.5 Å². The maximum absolute atomic E-state index is 9.31. The van der Waals surface area contributed by atoms with E-state index in [4.69, 9.17) is 21.1 Å². The first-order chi connectivity index (χ1) is 8.72. The molecule has 1 N–H and O–H groups in total. The van der Waals surface area contributed by atoms with E-state index < -0.39 is 0 Å². The third kappa shape index (κ3) is 4.39. The Morgan fingerprint density at radius 2 is 2.00 bits per heavy atom. The second-order valence-electron chi connectivity index (χ2n) is 4.16. The molecule has 0 aliphatic heterocycles. The van der Waals surface area contributed by atoms with Crippen LogP contribution < -0.4 is 9.47 Å². The molecule has 4 heteroatoms. The maximum Gasteiger partial charge on any atom is 0.166 e. The second-order valence-corrected chi connectivity index (χ2v) is 4.60. The van der Waals surface area contributed by atoms with Gasteiger partial charge >= 0.3 is 0 Å². The van der Waals surface area contributed by atoms with Gasteiger partial charge in [0.05, 0.1) is 20.3 Å². The molecule has 18 heavy (non-hydrogen) atoms. The topological polar surface area (TPSA) is 38.7 Å². The Labute approximate surface area is 114 Å². The van der Waals surface area contributed by atoms with Gasteiger partial charge in [0.1, 0.15) is 0 Å². The molecule has 0 atom stereocenters. The molecule has 0 aliphatic rings. The summed E-state index contributed by atoms with van der Waals surface area (Å²) >= 11 is 5.94. The smallest absolute Gasteiger partial charge is 0.166 e. The Balaban J connectivity index is 2.67. The average Bonchev–Trinajstić information content (AvgIpc) is 2.39. The average molecular weight is 273 g/mol. The first-order valence-electron chi connectivity index (χ1n) is 6.33. The summed E-state index contributed by atoms with van der Waals surface area (Å²) in [4.78, 5) is 0. The van der Waals surface area contributed by atoms with Crippen LogP contribution in [-0.2, 0) is 6.61 Å². The summed E-state index contributed by atoms with van der Waals surface area (Å²) in [5.74, 6) is 1.17. The normalized spacial score (nSPS) is 10.4. The zero-order valence-corrected chi connectivity index (χ0v) is 11.8. The van der Waals surface area contributed by atoms with E-state index in [0.717, 1.165) is 12.8 Å². The number of unbranched alkanes of at least 4 members (excludes halogenated alkanes) is 3. The fourth-order valence-electron chi connectivity index (χ4n) is 1.76. The highest BCUT2D eigenvalue weighted by atomic mass is 35.5. The Morgan fingerprint density at radius 3 is 2.61 bits per heavy atom. The molecule has 0 saturated heterocycles. The summed E-state index contributed by atoms with van der Waals surface area (Å²) < 4.78 is 10.9. The first kappa shape index (κ1) is 15.1. The summed E-state index contributed by atoms with van der Waals surface area (Å²) in [6.07, 6.45) is 4.57. The standard InChI is InChI=1S/C14H21ClO3/c1-3-4-5-6-7-18-14-11(10-16)8-12(15)9-13(14)17-2/h8-9,16H,3-7,10H2,1-2H3. The molecular formula is C14H21ClO3. The molecule has 0 fully saturated rings. The van der Waals surface area contributed by atoms with Crippen LogP contribution in [0.15, 0.2) is 12.1 Å². The highest BCUT2D eigenvalue weighted by molar-refractivity contribution is 6.30. The maximum atomic E-state index is 9.31. The van der Waals surface area contributed by atoms with E-state index in [1.54, 1.807) is 19.2 Å². The van der Waals surface area contributed by atoms with Gasteiger partial charge in [0.15, 0.2) is 11.5 Å². The molecule has 1 aromatic carbocycles. The van der Waals surface area contributed by atoms with E-state index in [1.807, 2.05) is 0 Å². The predicted molar refractivity (Wildman–Crippen MR) is 73.6 cm³/mol. The Kier molecular flexibility index (Phi) is 6.91. The van der Waals surface area contributed by atoms with Gasteiger partial charge in [-0.25, -0.2) is 0 Å². The minimum absolute atomic E-state index is 0.110. The van der Waals surface area contributed by atoms with Crippen molar-refractivity contribution in [2.45, 2.75) is 39.2 Å². The summed E-state index contributed by atoms with van der Waals surface area (Å²) in [5.41, 5.74) is 0.662. The number of rotatable bonds is 8. The van der Waals surface area contributed by atoms with Crippen molar-refractivity contribution in [1.82, 2.24) is 0 Å². The zero-order valence-electron chi connectivity index (χ0n) is 11.0. The lowest BCUT2D eigenvalue weighted by atomic mass is 10.2. The predicted octanol–water partition coefficient (Wildman–Crippen LogP) is 3.80. The van der Waals surface area contributed by atoms with Crippen LogP contribution in [0, 0.1) is 0 Å². The highest BCUT2D eigenvalue weighted by Crippen LogP contribution is 2.34. The van der Waals surface area contributed by atoms with Crippen molar-refractivity contribution < 1.29 is 14.6 Å². The van der Waals surface area contributed by atoms with Crippen molar-refractivity contribution in [3.05, 3.63) is 22.7 Å². The Bertz CT molecular complexity index is 341. The second kappa shape index (κ2) is 8.22. The van der Waals surface area contributed by atoms with Gasteiger partial charge in [-0.15, -0.1) is 0 Å². The molecular weight excluding hydrogens is 252 g/mol. The molecule has 1 aromatic rings. The molecule has 0 bridgehead atoms. The van der Waals surface area contributed by atoms with Gasteiger partial charge in [-0.2, -0.15) is 0 Å². The van der Waals surface area contributed by atoms with Crippen molar-refractivity contribution in [1.29, 1.82) is 0 Å². The molecule has 0 aromatic heterocycles. The number of ether oxygens (including phenoxy) is 2. The fourth-order valence-corrected chi connectivity index (χ4v) is 1.99. The van der Waals surface area contributed by atoms with Gasteiger partial charge in [0, 0.05) is 16.7 Å². The number of aliphatic hydroxyl groups is 1. The fraction of sp³-hybridized carbons (Fsp3) is 0.571. The minimum Gasteiger partial charge on any atom is -0.493 e.